The Balaban J connectivity index is 1.60. The van der Waals surface area contributed by atoms with Crippen LogP contribution in [0.4, 0.5) is 4.39 Å². The maximum Gasteiger partial charge on any atom is 0.300 e. The van der Waals surface area contributed by atoms with Crippen LogP contribution in [0, 0.1) is 19.7 Å². The minimum Gasteiger partial charge on any atom is -0.462 e. The van der Waals surface area contributed by atoms with Crippen molar-refractivity contribution in [1.82, 2.24) is 0 Å². The summed E-state index contributed by atoms with van der Waals surface area (Å²) in [6.45, 7) is 3.64. The van der Waals surface area contributed by atoms with Crippen LogP contribution >= 0.6 is 0 Å². The van der Waals surface area contributed by atoms with Gasteiger partial charge in [0.15, 0.2) is 0 Å². The second-order valence-electron chi connectivity index (χ2n) is 6.87. The molecule has 1 heterocycles. The smallest absolute Gasteiger partial charge is 0.300 e. The molecular formula is C22H19FO4S. The molecule has 144 valence electrons. The van der Waals surface area contributed by atoms with Gasteiger partial charge in [0.2, 0.25) is 6.29 Å². The Hall–Kier alpha value is -2.70. The fraction of sp³-hybridized carbons (Fsp3) is 0.182. The van der Waals surface area contributed by atoms with Gasteiger partial charge in [0.1, 0.15) is 11.6 Å². The predicted octanol–water partition coefficient (Wildman–Crippen LogP) is 4.78. The number of benzene rings is 3. The summed E-state index contributed by atoms with van der Waals surface area (Å²) in [5.41, 5.74) is 4.01. The molecule has 3 aromatic carbocycles. The standard InChI is InChI=1S/C22H19FO4S/c1-14-6-11-20(15(2)12-14)28(24,25)27-21-13-17-4-3-5-19(22(17)26-21)16-7-9-18(23)10-8-16/h3-12,21H,13H2,1-2H3. The van der Waals surface area contributed by atoms with Gasteiger partial charge in [-0.05, 0) is 43.2 Å². The van der Waals surface area contributed by atoms with E-state index in [1.807, 2.05) is 25.1 Å². The molecule has 0 radical (unpaired) electrons. The lowest BCUT2D eigenvalue weighted by molar-refractivity contribution is 0.0316. The van der Waals surface area contributed by atoms with Crippen molar-refractivity contribution in [2.24, 2.45) is 0 Å². The van der Waals surface area contributed by atoms with Gasteiger partial charge in [0.05, 0.1) is 4.90 Å². The molecule has 0 aliphatic carbocycles. The molecule has 1 unspecified atom stereocenters. The van der Waals surface area contributed by atoms with Crippen molar-refractivity contribution in [3.05, 3.63) is 83.2 Å². The van der Waals surface area contributed by atoms with E-state index in [1.165, 1.54) is 12.1 Å². The topological polar surface area (TPSA) is 52.6 Å². The Morgan fingerprint density at radius 1 is 1.04 bits per heavy atom. The molecule has 1 aliphatic heterocycles. The Morgan fingerprint density at radius 2 is 1.79 bits per heavy atom. The van der Waals surface area contributed by atoms with Crippen molar-refractivity contribution in [3.8, 4) is 16.9 Å². The van der Waals surface area contributed by atoms with Crippen LogP contribution in [0.3, 0.4) is 0 Å². The maximum atomic E-state index is 13.2. The van der Waals surface area contributed by atoms with E-state index >= 15 is 0 Å². The van der Waals surface area contributed by atoms with Crippen molar-refractivity contribution < 1.29 is 21.7 Å². The molecule has 0 saturated carbocycles. The number of rotatable bonds is 4. The van der Waals surface area contributed by atoms with E-state index in [4.69, 9.17) is 8.92 Å². The molecule has 6 heteroatoms. The average Bonchev–Trinajstić information content (AvgIpc) is 3.03. The number of ether oxygens (including phenoxy) is 1. The van der Waals surface area contributed by atoms with Crippen molar-refractivity contribution in [3.63, 3.8) is 0 Å². The largest absolute Gasteiger partial charge is 0.462 e. The average molecular weight is 398 g/mol. The molecule has 0 spiro atoms. The van der Waals surface area contributed by atoms with Gasteiger partial charge in [-0.3, -0.25) is 0 Å². The monoisotopic (exact) mass is 398 g/mol. The molecule has 1 aliphatic rings. The Bertz CT molecular complexity index is 1140. The lowest BCUT2D eigenvalue weighted by Gasteiger charge is -2.14. The fourth-order valence-electron chi connectivity index (χ4n) is 3.42. The first kappa shape index (κ1) is 18.7. The highest BCUT2D eigenvalue weighted by atomic mass is 32.2. The summed E-state index contributed by atoms with van der Waals surface area (Å²) in [4.78, 5) is 0.136. The first-order valence-corrected chi connectivity index (χ1v) is 10.3. The minimum absolute atomic E-state index is 0.136. The predicted molar refractivity (Wildman–Crippen MR) is 104 cm³/mol. The highest BCUT2D eigenvalue weighted by Crippen LogP contribution is 2.39. The van der Waals surface area contributed by atoms with Crippen LogP contribution < -0.4 is 4.74 Å². The normalized spacial score (nSPS) is 15.9. The fourth-order valence-corrected chi connectivity index (χ4v) is 4.60. The zero-order chi connectivity index (χ0) is 19.9. The van der Waals surface area contributed by atoms with Crippen LogP contribution in [0.1, 0.15) is 16.7 Å². The van der Waals surface area contributed by atoms with Gasteiger partial charge in [-0.25, -0.2) is 8.57 Å². The maximum absolute atomic E-state index is 13.2. The molecule has 0 fully saturated rings. The van der Waals surface area contributed by atoms with Gasteiger partial charge in [-0.2, -0.15) is 8.42 Å². The zero-order valence-corrected chi connectivity index (χ0v) is 16.3. The number of fused-ring (bicyclic) bond motifs is 1. The van der Waals surface area contributed by atoms with Crippen LogP contribution in [0.5, 0.6) is 5.75 Å². The van der Waals surface area contributed by atoms with Crippen molar-refractivity contribution in [1.29, 1.82) is 0 Å². The van der Waals surface area contributed by atoms with Gasteiger partial charge >= 0.3 is 10.1 Å². The summed E-state index contributed by atoms with van der Waals surface area (Å²) in [5.74, 6) is 0.243. The third-order valence-corrected chi connectivity index (χ3v) is 6.19. The van der Waals surface area contributed by atoms with Gasteiger partial charge in [-0.1, -0.05) is 48.0 Å². The van der Waals surface area contributed by atoms with Crippen molar-refractivity contribution in [2.45, 2.75) is 31.5 Å². The summed E-state index contributed by atoms with van der Waals surface area (Å²) >= 11 is 0. The van der Waals surface area contributed by atoms with E-state index in [9.17, 15) is 12.8 Å². The summed E-state index contributed by atoms with van der Waals surface area (Å²) in [7, 11) is -3.97. The highest BCUT2D eigenvalue weighted by Gasteiger charge is 2.31. The molecular weight excluding hydrogens is 379 g/mol. The number of hydrogen-bond donors (Lipinski definition) is 0. The van der Waals surface area contributed by atoms with Gasteiger partial charge in [0.25, 0.3) is 0 Å². The van der Waals surface area contributed by atoms with Gasteiger partial charge in [-0.15, -0.1) is 0 Å². The summed E-state index contributed by atoms with van der Waals surface area (Å²) in [6.07, 6.45) is -0.628. The van der Waals surface area contributed by atoms with E-state index in [-0.39, 0.29) is 10.7 Å². The second kappa shape index (κ2) is 7.04. The van der Waals surface area contributed by atoms with Crippen molar-refractivity contribution >= 4 is 10.1 Å². The Labute approximate surface area is 163 Å². The molecule has 4 rings (SSSR count). The molecule has 4 nitrogen and oxygen atoms in total. The number of halogens is 1. The van der Waals surface area contributed by atoms with Crippen LogP contribution in [-0.2, 0) is 20.7 Å². The number of hydrogen-bond acceptors (Lipinski definition) is 4. The lowest BCUT2D eigenvalue weighted by atomic mass is 10.0. The Morgan fingerprint density at radius 3 is 2.50 bits per heavy atom. The Kier molecular flexibility index (Phi) is 4.69. The van der Waals surface area contributed by atoms with Crippen molar-refractivity contribution in [2.75, 3.05) is 0 Å². The molecule has 1 atom stereocenters. The lowest BCUT2D eigenvalue weighted by Crippen LogP contribution is -2.23. The minimum atomic E-state index is -3.97. The van der Waals surface area contributed by atoms with Gasteiger partial charge < -0.3 is 4.74 Å². The summed E-state index contributed by atoms with van der Waals surface area (Å²) < 4.78 is 49.9. The van der Waals surface area contributed by atoms with E-state index < -0.39 is 16.4 Å². The zero-order valence-electron chi connectivity index (χ0n) is 15.5. The highest BCUT2D eigenvalue weighted by molar-refractivity contribution is 7.86. The number of para-hydroxylation sites is 1. The van der Waals surface area contributed by atoms with Crippen LogP contribution in [0.2, 0.25) is 0 Å². The molecule has 3 aromatic rings. The van der Waals surface area contributed by atoms with Gasteiger partial charge in [0, 0.05) is 17.5 Å². The molecule has 0 N–H and O–H groups in total. The van der Waals surface area contributed by atoms with E-state index in [2.05, 4.69) is 0 Å². The van der Waals surface area contributed by atoms with E-state index in [0.29, 0.717) is 17.7 Å². The van der Waals surface area contributed by atoms with E-state index in [1.54, 1.807) is 37.3 Å². The molecule has 0 saturated heterocycles. The summed E-state index contributed by atoms with van der Waals surface area (Å²) in [5, 5.41) is 0. The molecule has 28 heavy (non-hydrogen) atoms. The quantitative estimate of drug-likeness (QED) is 0.594. The van der Waals surface area contributed by atoms with Crippen LogP contribution in [-0.4, -0.2) is 14.7 Å². The first-order valence-electron chi connectivity index (χ1n) is 8.88. The third kappa shape index (κ3) is 3.53. The number of aryl methyl sites for hydroxylation is 2. The molecule has 0 bridgehead atoms. The summed E-state index contributed by atoms with van der Waals surface area (Å²) in [6, 6.07) is 16.7. The molecule has 0 aromatic heterocycles. The molecule has 0 amide bonds. The van der Waals surface area contributed by atoms with Crippen LogP contribution in [0.25, 0.3) is 11.1 Å². The van der Waals surface area contributed by atoms with Crippen LogP contribution in [0.15, 0.2) is 65.6 Å². The SMILES string of the molecule is Cc1ccc(S(=O)(=O)OC2Cc3cccc(-c4ccc(F)cc4)c3O2)c(C)c1. The third-order valence-electron chi connectivity index (χ3n) is 4.72. The first-order chi connectivity index (χ1) is 13.3. The van der Waals surface area contributed by atoms with E-state index in [0.717, 1.165) is 22.3 Å². The second-order valence-corrected chi connectivity index (χ2v) is 8.41.